The quantitative estimate of drug-likeness (QED) is 0.686. The number of nitrogens with two attached hydrogens (primary N) is 1. The molecule has 1 aromatic carbocycles. The molecule has 1 atom stereocenters. The molecule has 100 valence electrons. The zero-order valence-corrected chi connectivity index (χ0v) is 11.1. The second kappa shape index (κ2) is 6.26. The summed E-state index contributed by atoms with van der Waals surface area (Å²) in [5.74, 6) is -0.0615. The monoisotopic (exact) mass is 251 g/mol. The van der Waals surface area contributed by atoms with E-state index in [1.165, 1.54) is 4.90 Å². The van der Waals surface area contributed by atoms with Crippen LogP contribution in [0.2, 0.25) is 0 Å². The van der Waals surface area contributed by atoms with Crippen LogP contribution in [0, 0.1) is 0 Å². The summed E-state index contributed by atoms with van der Waals surface area (Å²) in [6.07, 6.45) is 0.274. The number of nitrogen functional groups attached to an aromatic ring is 1. The van der Waals surface area contributed by atoms with Crippen molar-refractivity contribution in [2.75, 3.05) is 31.7 Å². The maximum Gasteiger partial charge on any atom is 0.253 e. The molecule has 0 radical (unpaired) electrons. The number of aliphatic hydroxyl groups excluding tert-OH is 1. The molecule has 1 rings (SSSR count). The molecule has 5 nitrogen and oxygen atoms in total. The maximum absolute atomic E-state index is 11.8. The summed E-state index contributed by atoms with van der Waals surface area (Å²) in [5.41, 5.74) is 7.74. The number of anilines is 2. The van der Waals surface area contributed by atoms with Gasteiger partial charge in [-0.05, 0) is 31.5 Å². The second-order valence-corrected chi connectivity index (χ2v) is 4.57. The number of aliphatic hydroxyl groups is 1. The summed E-state index contributed by atoms with van der Waals surface area (Å²) in [5, 5.41) is 12.3. The average Bonchev–Trinajstić information content (AvgIpc) is 2.30. The summed E-state index contributed by atoms with van der Waals surface area (Å²) in [6.45, 7) is 2.35. The van der Waals surface area contributed by atoms with Gasteiger partial charge in [0.15, 0.2) is 0 Å². The smallest absolute Gasteiger partial charge is 0.253 e. The summed E-state index contributed by atoms with van der Waals surface area (Å²) in [4.78, 5) is 13.3. The number of amides is 1. The first-order valence-corrected chi connectivity index (χ1v) is 5.95. The third-order valence-electron chi connectivity index (χ3n) is 2.58. The highest BCUT2D eigenvalue weighted by molar-refractivity contribution is 5.95. The lowest BCUT2D eigenvalue weighted by Gasteiger charge is -2.14. The number of carbonyl (C=O) groups excluding carboxylic acids is 1. The fourth-order valence-electron chi connectivity index (χ4n) is 1.52. The van der Waals surface area contributed by atoms with E-state index in [9.17, 15) is 9.90 Å². The predicted molar refractivity (Wildman–Crippen MR) is 73.7 cm³/mol. The number of nitrogens with one attached hydrogen (secondary N) is 1. The summed E-state index contributed by atoms with van der Waals surface area (Å²) < 4.78 is 0. The number of rotatable bonds is 5. The Balaban J connectivity index is 2.78. The van der Waals surface area contributed by atoms with E-state index in [4.69, 9.17) is 5.73 Å². The molecule has 0 aromatic heterocycles. The van der Waals surface area contributed by atoms with Crippen LogP contribution in [0.15, 0.2) is 18.2 Å². The van der Waals surface area contributed by atoms with Gasteiger partial charge in [0.2, 0.25) is 0 Å². The molecule has 0 aliphatic carbocycles. The van der Waals surface area contributed by atoms with Gasteiger partial charge >= 0.3 is 0 Å². The molecular formula is C13H21N3O2. The van der Waals surface area contributed by atoms with E-state index in [-0.39, 0.29) is 12.0 Å². The Kier molecular flexibility index (Phi) is 4.97. The Labute approximate surface area is 108 Å². The molecule has 0 aliphatic heterocycles. The normalized spacial score (nSPS) is 12.0. The molecule has 4 N–H and O–H groups in total. The van der Waals surface area contributed by atoms with Gasteiger partial charge in [-0.25, -0.2) is 0 Å². The molecule has 0 aliphatic rings. The maximum atomic E-state index is 11.8. The van der Waals surface area contributed by atoms with Crippen LogP contribution in [0.3, 0.4) is 0 Å². The predicted octanol–water partition coefficient (Wildman–Crippen LogP) is 1.15. The molecule has 1 unspecified atom stereocenters. The highest BCUT2D eigenvalue weighted by Gasteiger charge is 2.10. The first kappa shape index (κ1) is 14.3. The van der Waals surface area contributed by atoms with Crippen molar-refractivity contribution < 1.29 is 9.90 Å². The minimum Gasteiger partial charge on any atom is -0.397 e. The number of benzene rings is 1. The van der Waals surface area contributed by atoms with Crippen LogP contribution in [0.1, 0.15) is 23.7 Å². The molecule has 0 saturated heterocycles. The van der Waals surface area contributed by atoms with Gasteiger partial charge < -0.3 is 21.1 Å². The summed E-state index contributed by atoms with van der Waals surface area (Å²) in [7, 11) is 3.42. The molecular weight excluding hydrogens is 230 g/mol. The van der Waals surface area contributed by atoms with Crippen LogP contribution in [-0.4, -0.2) is 42.7 Å². The van der Waals surface area contributed by atoms with E-state index in [1.54, 1.807) is 39.2 Å². The van der Waals surface area contributed by atoms with Gasteiger partial charge in [-0.15, -0.1) is 0 Å². The summed E-state index contributed by atoms with van der Waals surface area (Å²) >= 11 is 0. The Morgan fingerprint density at radius 1 is 1.50 bits per heavy atom. The van der Waals surface area contributed by atoms with Gasteiger partial charge in [0.1, 0.15) is 0 Å². The highest BCUT2D eigenvalue weighted by Crippen LogP contribution is 2.20. The van der Waals surface area contributed by atoms with Gasteiger partial charge in [0.05, 0.1) is 17.5 Å². The Hall–Kier alpha value is -1.75. The average molecular weight is 251 g/mol. The third-order valence-corrected chi connectivity index (χ3v) is 2.58. The standard InChI is InChI=1S/C13H21N3O2/c1-9(17)6-7-15-12-8-10(4-5-11(12)14)13(18)16(2)3/h4-5,8-9,15,17H,6-7,14H2,1-3H3. The van der Waals surface area contributed by atoms with E-state index in [0.29, 0.717) is 24.2 Å². The van der Waals surface area contributed by atoms with Crippen LogP contribution in [0.4, 0.5) is 11.4 Å². The first-order valence-electron chi connectivity index (χ1n) is 5.95. The second-order valence-electron chi connectivity index (χ2n) is 4.57. The number of nitrogens with zero attached hydrogens (tertiary/aromatic N) is 1. The van der Waals surface area contributed by atoms with E-state index in [1.807, 2.05) is 0 Å². The molecule has 18 heavy (non-hydrogen) atoms. The van der Waals surface area contributed by atoms with Crippen LogP contribution >= 0.6 is 0 Å². The molecule has 1 amide bonds. The van der Waals surface area contributed by atoms with Crippen LogP contribution < -0.4 is 11.1 Å². The van der Waals surface area contributed by atoms with E-state index in [2.05, 4.69) is 5.32 Å². The summed E-state index contributed by atoms with van der Waals surface area (Å²) in [6, 6.07) is 5.15. The van der Waals surface area contributed by atoms with Crippen LogP contribution in [0.25, 0.3) is 0 Å². The van der Waals surface area contributed by atoms with Gasteiger partial charge in [-0.1, -0.05) is 0 Å². The van der Waals surface area contributed by atoms with Crippen LogP contribution in [-0.2, 0) is 0 Å². The highest BCUT2D eigenvalue weighted by atomic mass is 16.3. The van der Waals surface area contributed by atoms with Crippen molar-refractivity contribution in [3.8, 4) is 0 Å². The molecule has 0 bridgehead atoms. The van der Waals surface area contributed by atoms with Crippen molar-refractivity contribution in [3.05, 3.63) is 23.8 Å². The van der Waals surface area contributed by atoms with Gasteiger partial charge in [-0.2, -0.15) is 0 Å². The largest absolute Gasteiger partial charge is 0.397 e. The molecule has 5 heteroatoms. The molecule has 0 heterocycles. The van der Waals surface area contributed by atoms with Gasteiger partial charge in [0, 0.05) is 26.2 Å². The van der Waals surface area contributed by atoms with Crippen molar-refractivity contribution in [2.45, 2.75) is 19.4 Å². The van der Waals surface area contributed by atoms with Crippen molar-refractivity contribution in [1.82, 2.24) is 4.90 Å². The molecule has 0 saturated carbocycles. The van der Waals surface area contributed by atoms with Crippen molar-refractivity contribution >= 4 is 17.3 Å². The van der Waals surface area contributed by atoms with Crippen molar-refractivity contribution in [3.63, 3.8) is 0 Å². The van der Waals surface area contributed by atoms with Crippen molar-refractivity contribution in [1.29, 1.82) is 0 Å². The lowest BCUT2D eigenvalue weighted by atomic mass is 10.1. The van der Waals surface area contributed by atoms with Crippen molar-refractivity contribution in [2.24, 2.45) is 0 Å². The number of carbonyl (C=O) groups is 1. The lowest BCUT2D eigenvalue weighted by Crippen LogP contribution is -2.22. The van der Waals surface area contributed by atoms with E-state index in [0.717, 1.165) is 5.69 Å². The third kappa shape index (κ3) is 3.92. The fraction of sp³-hybridized carbons (Fsp3) is 0.462. The van der Waals surface area contributed by atoms with E-state index < -0.39 is 0 Å². The molecule has 0 fully saturated rings. The zero-order valence-electron chi connectivity index (χ0n) is 11.1. The fourth-order valence-corrected chi connectivity index (χ4v) is 1.52. The Morgan fingerprint density at radius 2 is 2.17 bits per heavy atom. The lowest BCUT2D eigenvalue weighted by molar-refractivity contribution is 0.0827. The number of hydrogen-bond donors (Lipinski definition) is 3. The molecule has 1 aromatic rings. The first-order chi connectivity index (χ1) is 8.41. The van der Waals surface area contributed by atoms with E-state index >= 15 is 0 Å². The SMILES string of the molecule is CC(O)CCNc1cc(C(=O)N(C)C)ccc1N. The zero-order chi connectivity index (χ0) is 13.7. The number of hydrogen-bond acceptors (Lipinski definition) is 4. The van der Waals surface area contributed by atoms with Gasteiger partial charge in [-0.3, -0.25) is 4.79 Å². The Morgan fingerprint density at radius 3 is 2.72 bits per heavy atom. The minimum atomic E-state index is -0.356. The van der Waals surface area contributed by atoms with Gasteiger partial charge in [0.25, 0.3) is 5.91 Å². The Bertz CT molecular complexity index is 417. The van der Waals surface area contributed by atoms with Crippen LogP contribution in [0.5, 0.6) is 0 Å². The minimum absolute atomic E-state index is 0.0615. The molecule has 0 spiro atoms. The topological polar surface area (TPSA) is 78.6 Å².